The molecule has 2 aliphatic heterocycles. The number of halogens is 1. The highest BCUT2D eigenvalue weighted by molar-refractivity contribution is 6.32. The molecule has 1 N–H and O–H groups in total. The van der Waals surface area contributed by atoms with Crippen molar-refractivity contribution in [1.82, 2.24) is 19.5 Å². The number of aryl methyl sites for hydroxylation is 2. The fourth-order valence-electron chi connectivity index (χ4n) is 2.02. The van der Waals surface area contributed by atoms with Gasteiger partial charge in [-0.25, -0.2) is 9.78 Å². The molecule has 0 amide bonds. The molecule has 19 heavy (non-hydrogen) atoms. The van der Waals surface area contributed by atoms with Crippen molar-refractivity contribution in [2.45, 2.75) is 6.92 Å². The smallest absolute Gasteiger partial charge is 0.325 e. The van der Waals surface area contributed by atoms with Gasteiger partial charge in [-0.05, 0) is 24.6 Å². The molecule has 1 aromatic carbocycles. The van der Waals surface area contributed by atoms with E-state index < -0.39 is 11.2 Å². The van der Waals surface area contributed by atoms with Crippen LogP contribution in [0.4, 0.5) is 0 Å². The van der Waals surface area contributed by atoms with E-state index in [0.717, 1.165) is 11.1 Å². The van der Waals surface area contributed by atoms with Crippen LogP contribution in [0.1, 0.15) is 5.56 Å². The van der Waals surface area contributed by atoms with Gasteiger partial charge in [0.15, 0.2) is 11.5 Å². The standard InChI is InChI=1S/C12H9ClN4O2/c1-5-3-8-7(4-6(5)13)14-9-10(17(8)2)15-12(19)16-11(9)18/h3-4H,1-2H3,(H,16,18,19). The Morgan fingerprint density at radius 3 is 2.74 bits per heavy atom. The van der Waals surface area contributed by atoms with E-state index in [1.165, 1.54) is 0 Å². The maximum atomic E-state index is 11.7. The van der Waals surface area contributed by atoms with E-state index in [1.807, 2.05) is 13.0 Å². The molecule has 7 heteroatoms. The molecule has 0 saturated heterocycles. The topological polar surface area (TPSA) is 80.6 Å². The first-order chi connectivity index (χ1) is 8.97. The second kappa shape index (κ2) is 3.89. The number of H-pyrrole nitrogens is 1. The van der Waals surface area contributed by atoms with Gasteiger partial charge in [0.25, 0.3) is 5.56 Å². The third-order valence-corrected chi connectivity index (χ3v) is 3.43. The summed E-state index contributed by atoms with van der Waals surface area (Å²) in [4.78, 5) is 33.2. The Balaban J connectivity index is 2.60. The van der Waals surface area contributed by atoms with E-state index >= 15 is 0 Å². The van der Waals surface area contributed by atoms with Crippen LogP contribution in [-0.2, 0) is 7.05 Å². The van der Waals surface area contributed by atoms with Crippen molar-refractivity contribution in [3.8, 4) is 11.5 Å². The predicted molar refractivity (Wildman–Crippen MR) is 71.8 cm³/mol. The fourth-order valence-corrected chi connectivity index (χ4v) is 2.18. The summed E-state index contributed by atoms with van der Waals surface area (Å²) in [7, 11) is 1.73. The van der Waals surface area contributed by atoms with Gasteiger partial charge in [0.05, 0.1) is 11.0 Å². The first kappa shape index (κ1) is 11.9. The molecule has 0 aromatic heterocycles. The SMILES string of the molecule is Cc1cc2c(cc1Cl)nc1c(=O)[nH]c(=O)nc-1n2C. The van der Waals surface area contributed by atoms with Crippen LogP contribution in [0.5, 0.6) is 0 Å². The van der Waals surface area contributed by atoms with Gasteiger partial charge in [0.1, 0.15) is 0 Å². The quantitative estimate of drug-likeness (QED) is 0.623. The van der Waals surface area contributed by atoms with Crippen molar-refractivity contribution in [3.63, 3.8) is 0 Å². The van der Waals surface area contributed by atoms with Crippen LogP contribution in [0, 0.1) is 6.92 Å². The molecular formula is C12H9ClN4O2. The molecule has 0 aliphatic carbocycles. The molecule has 0 unspecified atom stereocenters. The number of fused-ring (bicyclic) bond motifs is 2. The molecule has 6 nitrogen and oxygen atoms in total. The number of hydrogen-bond donors (Lipinski definition) is 1. The third kappa shape index (κ3) is 1.72. The summed E-state index contributed by atoms with van der Waals surface area (Å²) >= 11 is 6.06. The lowest BCUT2D eigenvalue weighted by atomic mass is 10.2. The van der Waals surface area contributed by atoms with Gasteiger partial charge >= 0.3 is 5.69 Å². The van der Waals surface area contributed by atoms with Crippen molar-refractivity contribution >= 4 is 22.6 Å². The summed E-state index contributed by atoms with van der Waals surface area (Å²) in [6, 6.07) is 3.54. The largest absolute Gasteiger partial charge is 0.349 e. The Morgan fingerprint density at radius 2 is 2.00 bits per heavy atom. The van der Waals surface area contributed by atoms with Gasteiger partial charge < -0.3 is 4.57 Å². The van der Waals surface area contributed by atoms with Gasteiger partial charge in [0, 0.05) is 12.1 Å². The number of benzene rings is 1. The van der Waals surface area contributed by atoms with E-state index in [4.69, 9.17) is 11.6 Å². The van der Waals surface area contributed by atoms with Crippen LogP contribution in [0.25, 0.3) is 22.6 Å². The van der Waals surface area contributed by atoms with Crippen LogP contribution in [-0.4, -0.2) is 19.5 Å². The minimum atomic E-state index is -0.681. The average molecular weight is 277 g/mol. The minimum absolute atomic E-state index is 0.120. The minimum Gasteiger partial charge on any atom is -0.325 e. The number of nitrogens with one attached hydrogen (secondary N) is 1. The zero-order chi connectivity index (χ0) is 13.7. The van der Waals surface area contributed by atoms with Crippen molar-refractivity contribution < 1.29 is 0 Å². The van der Waals surface area contributed by atoms with Crippen molar-refractivity contribution in [3.05, 3.63) is 43.6 Å². The molecule has 0 bridgehead atoms. The van der Waals surface area contributed by atoms with E-state index in [9.17, 15) is 9.59 Å². The van der Waals surface area contributed by atoms with Crippen molar-refractivity contribution in [2.24, 2.45) is 7.05 Å². The monoisotopic (exact) mass is 276 g/mol. The maximum absolute atomic E-state index is 11.7. The molecule has 96 valence electrons. The molecule has 2 aliphatic rings. The highest BCUT2D eigenvalue weighted by Gasteiger charge is 2.17. The molecule has 0 spiro atoms. The summed E-state index contributed by atoms with van der Waals surface area (Å²) in [5.74, 6) is 0.253. The van der Waals surface area contributed by atoms with E-state index in [-0.39, 0.29) is 11.5 Å². The van der Waals surface area contributed by atoms with Gasteiger partial charge in [0.2, 0.25) is 0 Å². The van der Waals surface area contributed by atoms with Crippen molar-refractivity contribution in [2.75, 3.05) is 0 Å². The lowest BCUT2D eigenvalue weighted by Crippen LogP contribution is -2.28. The predicted octanol–water partition coefficient (Wildman–Crippen LogP) is 1.08. The Bertz CT molecular complexity index is 897. The molecule has 0 radical (unpaired) electrons. The van der Waals surface area contributed by atoms with Gasteiger partial charge in [-0.15, -0.1) is 0 Å². The lowest BCUT2D eigenvalue weighted by Gasteiger charge is -2.13. The summed E-state index contributed by atoms with van der Waals surface area (Å²) in [6.45, 7) is 1.87. The van der Waals surface area contributed by atoms with Crippen LogP contribution in [0.2, 0.25) is 5.02 Å². The Labute approximate surface area is 112 Å². The van der Waals surface area contributed by atoms with E-state index in [0.29, 0.717) is 10.5 Å². The first-order valence-electron chi connectivity index (χ1n) is 5.54. The first-order valence-corrected chi connectivity index (χ1v) is 5.92. The third-order valence-electron chi connectivity index (χ3n) is 3.02. The summed E-state index contributed by atoms with van der Waals surface area (Å²) in [5.41, 5.74) is 1.11. The van der Waals surface area contributed by atoms with Gasteiger partial charge in [-0.2, -0.15) is 4.98 Å². The normalized spacial score (nSPS) is 11.3. The zero-order valence-corrected chi connectivity index (χ0v) is 10.9. The lowest BCUT2D eigenvalue weighted by molar-refractivity contribution is 0.870. The van der Waals surface area contributed by atoms with E-state index in [1.54, 1.807) is 17.7 Å². The molecule has 1 aromatic rings. The molecule has 0 fully saturated rings. The number of nitrogens with zero attached hydrogens (tertiary/aromatic N) is 3. The number of aromatic nitrogens is 4. The zero-order valence-electron chi connectivity index (χ0n) is 10.2. The Kier molecular flexibility index (Phi) is 2.43. The summed E-state index contributed by atoms with van der Waals surface area (Å²) < 4.78 is 1.66. The number of hydrogen-bond acceptors (Lipinski definition) is 4. The second-order valence-corrected chi connectivity index (χ2v) is 4.71. The number of rotatable bonds is 0. The highest BCUT2D eigenvalue weighted by atomic mass is 35.5. The van der Waals surface area contributed by atoms with Crippen LogP contribution < -0.4 is 11.2 Å². The molecule has 2 heterocycles. The number of aromatic amines is 1. The average Bonchev–Trinajstić information content (AvgIpc) is 2.34. The van der Waals surface area contributed by atoms with Crippen LogP contribution in [0.15, 0.2) is 21.7 Å². The summed E-state index contributed by atoms with van der Waals surface area (Å²) in [6.07, 6.45) is 0. The molecular weight excluding hydrogens is 268 g/mol. The molecule has 0 atom stereocenters. The maximum Gasteiger partial charge on any atom is 0.349 e. The van der Waals surface area contributed by atoms with Gasteiger partial charge in [-0.3, -0.25) is 9.78 Å². The van der Waals surface area contributed by atoms with E-state index in [2.05, 4.69) is 15.0 Å². The van der Waals surface area contributed by atoms with Crippen molar-refractivity contribution in [1.29, 1.82) is 0 Å². The van der Waals surface area contributed by atoms with Crippen LogP contribution >= 0.6 is 11.6 Å². The second-order valence-electron chi connectivity index (χ2n) is 4.30. The molecule has 0 saturated carbocycles. The highest BCUT2D eigenvalue weighted by Crippen LogP contribution is 2.25. The molecule has 3 rings (SSSR count). The van der Waals surface area contributed by atoms with Gasteiger partial charge in [-0.1, -0.05) is 11.6 Å². The van der Waals surface area contributed by atoms with Crippen LogP contribution in [0.3, 0.4) is 0 Å². The fraction of sp³-hybridized carbons (Fsp3) is 0.167. The Morgan fingerprint density at radius 1 is 1.26 bits per heavy atom. The summed E-state index contributed by atoms with van der Waals surface area (Å²) in [5, 5.41) is 0.573. The Hall–Kier alpha value is -2.21.